The van der Waals surface area contributed by atoms with Crippen molar-refractivity contribution in [2.24, 2.45) is 11.7 Å². The fraction of sp³-hybridized carbons (Fsp3) is 0.385. The number of carbonyl (C=O) groups excluding carboxylic acids is 2. The van der Waals surface area contributed by atoms with E-state index in [4.69, 9.17) is 17.3 Å². The molecule has 0 bridgehead atoms. The van der Waals surface area contributed by atoms with Crippen molar-refractivity contribution in [1.82, 2.24) is 0 Å². The number of benzene rings is 1. The SMILES string of the molecule is COC(=O)c1ccc(Cl)c(N2CC(CN)CC2=O)c1. The Morgan fingerprint density at radius 1 is 1.58 bits per heavy atom. The number of anilines is 1. The van der Waals surface area contributed by atoms with E-state index in [0.29, 0.717) is 35.8 Å². The van der Waals surface area contributed by atoms with Crippen molar-refractivity contribution in [3.8, 4) is 0 Å². The molecule has 6 heteroatoms. The third kappa shape index (κ3) is 2.72. The maximum absolute atomic E-state index is 11.9. The van der Waals surface area contributed by atoms with E-state index in [-0.39, 0.29) is 11.8 Å². The minimum absolute atomic E-state index is 0.0284. The molecule has 0 radical (unpaired) electrons. The largest absolute Gasteiger partial charge is 0.465 e. The Kier molecular flexibility index (Phi) is 4.07. The fourth-order valence-corrected chi connectivity index (χ4v) is 2.36. The summed E-state index contributed by atoms with van der Waals surface area (Å²) in [5, 5.41) is 0.429. The number of methoxy groups -OCH3 is 1. The quantitative estimate of drug-likeness (QED) is 0.852. The van der Waals surface area contributed by atoms with Gasteiger partial charge in [0.1, 0.15) is 0 Å². The highest BCUT2D eigenvalue weighted by Crippen LogP contribution is 2.32. The highest BCUT2D eigenvalue weighted by molar-refractivity contribution is 6.34. The zero-order valence-corrected chi connectivity index (χ0v) is 11.3. The van der Waals surface area contributed by atoms with Gasteiger partial charge in [0.15, 0.2) is 0 Å². The van der Waals surface area contributed by atoms with Crippen LogP contribution in [0.25, 0.3) is 0 Å². The number of hydrogen-bond donors (Lipinski definition) is 1. The fourth-order valence-electron chi connectivity index (χ4n) is 2.14. The maximum Gasteiger partial charge on any atom is 0.337 e. The lowest BCUT2D eigenvalue weighted by Gasteiger charge is -2.18. The van der Waals surface area contributed by atoms with Crippen molar-refractivity contribution in [1.29, 1.82) is 0 Å². The molecule has 0 spiro atoms. The summed E-state index contributed by atoms with van der Waals surface area (Å²) in [6, 6.07) is 4.73. The molecule has 1 heterocycles. The molecular formula is C13H15ClN2O3. The van der Waals surface area contributed by atoms with Crippen LogP contribution < -0.4 is 10.6 Å². The second-order valence-corrected chi connectivity index (χ2v) is 4.88. The van der Waals surface area contributed by atoms with Gasteiger partial charge in [-0.25, -0.2) is 4.79 Å². The molecule has 5 nitrogen and oxygen atoms in total. The third-order valence-electron chi connectivity index (χ3n) is 3.20. The molecule has 0 saturated carbocycles. The Hall–Kier alpha value is -1.59. The summed E-state index contributed by atoms with van der Waals surface area (Å²) < 4.78 is 4.66. The number of nitrogens with two attached hydrogens (primary N) is 1. The van der Waals surface area contributed by atoms with Crippen molar-refractivity contribution in [3.63, 3.8) is 0 Å². The number of nitrogens with zero attached hydrogens (tertiary/aromatic N) is 1. The van der Waals surface area contributed by atoms with Crippen LogP contribution in [0, 0.1) is 5.92 Å². The van der Waals surface area contributed by atoms with Crippen molar-refractivity contribution in [2.45, 2.75) is 6.42 Å². The Labute approximate surface area is 116 Å². The van der Waals surface area contributed by atoms with Gasteiger partial charge in [0.25, 0.3) is 0 Å². The highest BCUT2D eigenvalue weighted by Gasteiger charge is 2.31. The van der Waals surface area contributed by atoms with Gasteiger partial charge >= 0.3 is 5.97 Å². The van der Waals surface area contributed by atoms with Crippen LogP contribution in [-0.2, 0) is 9.53 Å². The summed E-state index contributed by atoms with van der Waals surface area (Å²) in [6.07, 6.45) is 0.412. The average molecular weight is 283 g/mol. The van der Waals surface area contributed by atoms with Gasteiger partial charge in [0.2, 0.25) is 5.91 Å². The topological polar surface area (TPSA) is 72.6 Å². The van der Waals surface area contributed by atoms with Crippen LogP contribution in [0.15, 0.2) is 18.2 Å². The molecule has 2 N–H and O–H groups in total. The van der Waals surface area contributed by atoms with Gasteiger partial charge in [0, 0.05) is 13.0 Å². The molecule has 1 aliphatic rings. The Bertz CT molecular complexity index is 519. The predicted octanol–water partition coefficient (Wildman–Crippen LogP) is 1.44. The molecular weight excluding hydrogens is 268 g/mol. The lowest BCUT2D eigenvalue weighted by atomic mass is 10.1. The molecule has 1 saturated heterocycles. The molecule has 1 aliphatic heterocycles. The van der Waals surface area contributed by atoms with Gasteiger partial charge < -0.3 is 15.4 Å². The van der Waals surface area contributed by atoms with E-state index < -0.39 is 5.97 Å². The third-order valence-corrected chi connectivity index (χ3v) is 3.52. The molecule has 1 unspecified atom stereocenters. The maximum atomic E-state index is 11.9. The van der Waals surface area contributed by atoms with Crippen molar-refractivity contribution >= 4 is 29.2 Å². The van der Waals surface area contributed by atoms with Crippen LogP contribution in [0.2, 0.25) is 5.02 Å². The standard InChI is InChI=1S/C13H15ClN2O3/c1-19-13(18)9-2-3-10(14)11(5-9)16-7-8(6-15)4-12(16)17/h2-3,5,8H,4,6-7,15H2,1H3. The molecule has 1 atom stereocenters. The minimum atomic E-state index is -0.458. The number of esters is 1. The molecule has 2 rings (SSSR count). The first-order valence-corrected chi connectivity index (χ1v) is 6.33. The summed E-state index contributed by atoms with van der Waals surface area (Å²) >= 11 is 6.10. The van der Waals surface area contributed by atoms with E-state index in [9.17, 15) is 9.59 Å². The smallest absolute Gasteiger partial charge is 0.337 e. The van der Waals surface area contributed by atoms with Gasteiger partial charge in [0.05, 0.1) is 23.4 Å². The second-order valence-electron chi connectivity index (χ2n) is 4.47. The number of rotatable bonds is 3. The van der Waals surface area contributed by atoms with Crippen molar-refractivity contribution in [3.05, 3.63) is 28.8 Å². The van der Waals surface area contributed by atoms with Crippen LogP contribution >= 0.6 is 11.6 Å². The first-order valence-electron chi connectivity index (χ1n) is 5.95. The summed E-state index contributed by atoms with van der Waals surface area (Å²) in [6.45, 7) is 0.982. The molecule has 19 heavy (non-hydrogen) atoms. The molecule has 0 aromatic heterocycles. The number of ether oxygens (including phenoxy) is 1. The van der Waals surface area contributed by atoms with E-state index >= 15 is 0 Å². The van der Waals surface area contributed by atoms with E-state index in [1.807, 2.05) is 0 Å². The molecule has 1 aromatic carbocycles. The van der Waals surface area contributed by atoms with Crippen molar-refractivity contribution in [2.75, 3.05) is 25.1 Å². The monoisotopic (exact) mass is 282 g/mol. The summed E-state index contributed by atoms with van der Waals surface area (Å²) in [4.78, 5) is 25.0. The van der Waals surface area contributed by atoms with Crippen LogP contribution in [-0.4, -0.2) is 32.1 Å². The van der Waals surface area contributed by atoms with Gasteiger partial charge in [-0.3, -0.25) is 4.79 Å². The van der Waals surface area contributed by atoms with Gasteiger partial charge in [-0.2, -0.15) is 0 Å². The lowest BCUT2D eigenvalue weighted by molar-refractivity contribution is -0.117. The normalized spacial score (nSPS) is 18.8. The number of halogens is 1. The number of hydrogen-bond acceptors (Lipinski definition) is 4. The van der Waals surface area contributed by atoms with Crippen LogP contribution in [0.3, 0.4) is 0 Å². The highest BCUT2D eigenvalue weighted by atomic mass is 35.5. The van der Waals surface area contributed by atoms with E-state index in [0.717, 1.165) is 0 Å². The zero-order chi connectivity index (χ0) is 14.0. The lowest BCUT2D eigenvalue weighted by Crippen LogP contribution is -2.26. The first-order chi connectivity index (χ1) is 9.06. The summed E-state index contributed by atoms with van der Waals surface area (Å²) in [5.74, 6) is -0.357. The molecule has 1 aromatic rings. The van der Waals surface area contributed by atoms with Crippen LogP contribution in [0.4, 0.5) is 5.69 Å². The summed E-state index contributed by atoms with van der Waals surface area (Å²) in [7, 11) is 1.31. The van der Waals surface area contributed by atoms with Gasteiger partial charge in [-0.1, -0.05) is 11.6 Å². The van der Waals surface area contributed by atoms with E-state index in [2.05, 4.69) is 4.74 Å². The van der Waals surface area contributed by atoms with E-state index in [1.54, 1.807) is 23.1 Å². The molecule has 1 fully saturated rings. The van der Waals surface area contributed by atoms with Crippen LogP contribution in [0.5, 0.6) is 0 Å². The predicted molar refractivity (Wildman–Crippen MR) is 72.3 cm³/mol. The van der Waals surface area contributed by atoms with Crippen molar-refractivity contribution < 1.29 is 14.3 Å². The van der Waals surface area contributed by atoms with Gasteiger partial charge in [-0.05, 0) is 30.7 Å². The Morgan fingerprint density at radius 2 is 2.32 bits per heavy atom. The second kappa shape index (κ2) is 5.59. The average Bonchev–Trinajstić information content (AvgIpc) is 2.79. The van der Waals surface area contributed by atoms with E-state index in [1.165, 1.54) is 7.11 Å². The minimum Gasteiger partial charge on any atom is -0.465 e. The Morgan fingerprint density at radius 3 is 2.89 bits per heavy atom. The first kappa shape index (κ1) is 13.8. The molecule has 102 valence electrons. The van der Waals surface area contributed by atoms with Gasteiger partial charge in [-0.15, -0.1) is 0 Å². The Balaban J connectivity index is 2.34. The van der Waals surface area contributed by atoms with Crippen LogP contribution in [0.1, 0.15) is 16.8 Å². The molecule has 0 aliphatic carbocycles. The molecule has 1 amide bonds. The zero-order valence-electron chi connectivity index (χ0n) is 10.6. The number of amides is 1. The summed E-state index contributed by atoms with van der Waals surface area (Å²) in [5.41, 5.74) is 6.49. The number of carbonyl (C=O) groups is 2.